The molecular formula is C14H18N2O2. The van der Waals surface area contributed by atoms with Gasteiger partial charge >= 0.3 is 0 Å². The van der Waals surface area contributed by atoms with Gasteiger partial charge in [0.1, 0.15) is 11.8 Å². The average molecular weight is 246 g/mol. The van der Waals surface area contributed by atoms with Crippen molar-refractivity contribution in [1.82, 2.24) is 0 Å². The number of carbonyl (C=O) groups is 2. The van der Waals surface area contributed by atoms with Crippen molar-refractivity contribution in [3.8, 4) is 12.1 Å². The first kappa shape index (κ1) is 14.4. The summed E-state index contributed by atoms with van der Waals surface area (Å²) in [7, 11) is 0. The Morgan fingerprint density at radius 3 is 1.50 bits per heavy atom. The average Bonchev–Trinajstić information content (AvgIpc) is 2.39. The molecule has 18 heavy (non-hydrogen) atoms. The van der Waals surface area contributed by atoms with Gasteiger partial charge in [-0.1, -0.05) is 26.7 Å². The highest BCUT2D eigenvalue weighted by atomic mass is 16.1. The van der Waals surface area contributed by atoms with E-state index in [1.165, 1.54) is 0 Å². The molecule has 0 aromatic rings. The molecule has 96 valence electrons. The Balaban J connectivity index is 2.96. The molecule has 4 heteroatoms. The van der Waals surface area contributed by atoms with Crippen LogP contribution < -0.4 is 0 Å². The van der Waals surface area contributed by atoms with Gasteiger partial charge < -0.3 is 0 Å². The van der Waals surface area contributed by atoms with Gasteiger partial charge in [0.05, 0.1) is 12.1 Å². The lowest BCUT2D eigenvalue weighted by atomic mass is 9.77. The monoisotopic (exact) mass is 246 g/mol. The molecule has 1 rings (SSSR count). The van der Waals surface area contributed by atoms with Crippen molar-refractivity contribution < 1.29 is 9.59 Å². The molecule has 0 bridgehead atoms. The summed E-state index contributed by atoms with van der Waals surface area (Å²) in [6.07, 6.45) is 2.52. The third-order valence-electron chi connectivity index (χ3n) is 3.88. The number of carbonyl (C=O) groups excluding carboxylic acids is 2. The maximum Gasteiger partial charge on any atom is 0.153 e. The van der Waals surface area contributed by atoms with Crippen LogP contribution in [0.3, 0.4) is 0 Å². The van der Waals surface area contributed by atoms with E-state index in [1.807, 2.05) is 12.1 Å². The van der Waals surface area contributed by atoms with Crippen LogP contribution >= 0.6 is 0 Å². The summed E-state index contributed by atoms with van der Waals surface area (Å²) in [5, 5.41) is 18.0. The first-order valence-corrected chi connectivity index (χ1v) is 6.39. The maximum atomic E-state index is 12.1. The zero-order chi connectivity index (χ0) is 13.7. The smallest absolute Gasteiger partial charge is 0.153 e. The summed E-state index contributed by atoms with van der Waals surface area (Å²) in [6, 6.07) is 4.07. The number of rotatable bonds is 0. The molecule has 4 nitrogen and oxygen atoms in total. The van der Waals surface area contributed by atoms with Gasteiger partial charge in [0.15, 0.2) is 11.6 Å². The van der Waals surface area contributed by atoms with E-state index in [-0.39, 0.29) is 11.6 Å². The lowest BCUT2D eigenvalue weighted by Gasteiger charge is -2.23. The molecule has 1 aliphatic carbocycles. The first-order valence-electron chi connectivity index (χ1n) is 6.39. The molecule has 0 spiro atoms. The molecule has 1 fully saturated rings. The minimum absolute atomic E-state index is 0.156. The Labute approximate surface area is 108 Å². The summed E-state index contributed by atoms with van der Waals surface area (Å²) >= 11 is 0. The molecule has 0 saturated heterocycles. The Bertz CT molecular complexity index is 376. The van der Waals surface area contributed by atoms with Crippen LogP contribution in [-0.2, 0) is 9.59 Å². The van der Waals surface area contributed by atoms with Crippen LogP contribution in [0.1, 0.15) is 39.5 Å². The van der Waals surface area contributed by atoms with Crippen molar-refractivity contribution in [2.75, 3.05) is 0 Å². The van der Waals surface area contributed by atoms with E-state index in [0.717, 1.165) is 12.8 Å². The predicted octanol–water partition coefficient (Wildman–Crippen LogP) is 2.25. The maximum absolute atomic E-state index is 12.1. The normalized spacial score (nSPS) is 34.4. The summed E-state index contributed by atoms with van der Waals surface area (Å²) in [4.78, 5) is 24.2. The van der Waals surface area contributed by atoms with E-state index in [9.17, 15) is 9.59 Å². The molecule has 4 atom stereocenters. The quantitative estimate of drug-likeness (QED) is 0.656. The molecule has 0 aromatic carbocycles. The lowest BCUT2D eigenvalue weighted by molar-refractivity contribution is -0.134. The van der Waals surface area contributed by atoms with Crippen molar-refractivity contribution >= 4 is 11.6 Å². The van der Waals surface area contributed by atoms with Gasteiger partial charge in [-0.05, 0) is 12.8 Å². The standard InChI is InChI=1S/C14H18N2O2/c1-9-10(2)14(18)12(8-16)6-4-3-5-11(7-15)13(9)17/h9-12H,3-6H2,1-2H3. The molecule has 0 radical (unpaired) electrons. The minimum Gasteiger partial charge on any atom is -0.298 e. The molecule has 0 heterocycles. The summed E-state index contributed by atoms with van der Waals surface area (Å²) in [5.41, 5.74) is 0. The number of ketones is 2. The number of nitrogens with zero attached hydrogens (tertiary/aromatic N) is 2. The number of nitriles is 2. The molecule has 0 aromatic heterocycles. The van der Waals surface area contributed by atoms with Gasteiger partial charge in [-0.3, -0.25) is 9.59 Å². The van der Waals surface area contributed by atoms with E-state index in [4.69, 9.17) is 10.5 Å². The van der Waals surface area contributed by atoms with Gasteiger partial charge in [-0.15, -0.1) is 0 Å². The fourth-order valence-corrected chi connectivity index (χ4v) is 2.37. The minimum atomic E-state index is -0.603. The molecule has 1 aliphatic rings. The Morgan fingerprint density at radius 1 is 0.889 bits per heavy atom. The second-order valence-corrected chi connectivity index (χ2v) is 5.03. The molecule has 4 unspecified atom stereocenters. The fraction of sp³-hybridized carbons (Fsp3) is 0.714. The second-order valence-electron chi connectivity index (χ2n) is 5.03. The van der Waals surface area contributed by atoms with Crippen LogP contribution in [0, 0.1) is 46.3 Å². The summed E-state index contributed by atoms with van der Waals surface area (Å²) in [6.45, 7) is 3.37. The predicted molar refractivity (Wildman–Crippen MR) is 65.0 cm³/mol. The fourth-order valence-electron chi connectivity index (χ4n) is 2.37. The Kier molecular flexibility index (Phi) is 5.04. The molecule has 0 amide bonds. The van der Waals surface area contributed by atoms with Crippen LogP contribution in [0.2, 0.25) is 0 Å². The molecule has 0 N–H and O–H groups in total. The number of hydrogen-bond donors (Lipinski definition) is 0. The highest BCUT2D eigenvalue weighted by molar-refractivity contribution is 5.93. The number of hydrogen-bond acceptors (Lipinski definition) is 4. The van der Waals surface area contributed by atoms with Crippen molar-refractivity contribution in [3.63, 3.8) is 0 Å². The molecular weight excluding hydrogens is 228 g/mol. The van der Waals surface area contributed by atoms with E-state index in [2.05, 4.69) is 0 Å². The molecule has 1 saturated carbocycles. The summed E-state index contributed by atoms with van der Waals surface area (Å²) in [5.74, 6) is -2.47. The Hall–Kier alpha value is -1.68. The van der Waals surface area contributed by atoms with Crippen LogP contribution in [0.4, 0.5) is 0 Å². The Morgan fingerprint density at radius 2 is 1.22 bits per heavy atom. The summed E-state index contributed by atoms with van der Waals surface area (Å²) < 4.78 is 0. The van der Waals surface area contributed by atoms with Crippen molar-refractivity contribution in [2.24, 2.45) is 23.7 Å². The van der Waals surface area contributed by atoms with E-state index >= 15 is 0 Å². The van der Waals surface area contributed by atoms with Crippen LogP contribution in [-0.4, -0.2) is 11.6 Å². The van der Waals surface area contributed by atoms with Gasteiger partial charge in [-0.25, -0.2) is 0 Å². The zero-order valence-electron chi connectivity index (χ0n) is 10.8. The molecule has 0 aliphatic heterocycles. The van der Waals surface area contributed by atoms with E-state index in [0.29, 0.717) is 12.8 Å². The zero-order valence-corrected chi connectivity index (χ0v) is 10.8. The van der Waals surface area contributed by atoms with Crippen LogP contribution in [0.15, 0.2) is 0 Å². The lowest BCUT2D eigenvalue weighted by Crippen LogP contribution is -2.33. The van der Waals surface area contributed by atoms with Crippen LogP contribution in [0.5, 0.6) is 0 Å². The van der Waals surface area contributed by atoms with Crippen molar-refractivity contribution in [1.29, 1.82) is 10.5 Å². The second kappa shape index (κ2) is 6.31. The highest BCUT2D eigenvalue weighted by Crippen LogP contribution is 2.27. The van der Waals surface area contributed by atoms with Crippen LogP contribution in [0.25, 0.3) is 0 Å². The SMILES string of the molecule is CC1C(=O)C(C#N)CCCCC(C#N)C(=O)C1C. The number of Topliss-reactive ketones (excluding diaryl/α,β-unsaturated/α-hetero) is 2. The highest BCUT2D eigenvalue weighted by Gasteiger charge is 2.34. The van der Waals surface area contributed by atoms with Crippen molar-refractivity contribution in [2.45, 2.75) is 39.5 Å². The van der Waals surface area contributed by atoms with Crippen molar-refractivity contribution in [3.05, 3.63) is 0 Å². The topological polar surface area (TPSA) is 81.7 Å². The third kappa shape index (κ3) is 2.96. The third-order valence-corrected chi connectivity index (χ3v) is 3.88. The first-order chi connectivity index (χ1) is 8.52. The van der Waals surface area contributed by atoms with Gasteiger partial charge in [0.2, 0.25) is 0 Å². The van der Waals surface area contributed by atoms with Gasteiger partial charge in [0.25, 0.3) is 0 Å². The van der Waals surface area contributed by atoms with Gasteiger partial charge in [0, 0.05) is 11.8 Å². The van der Waals surface area contributed by atoms with E-state index < -0.39 is 23.7 Å². The van der Waals surface area contributed by atoms with E-state index in [1.54, 1.807) is 13.8 Å². The van der Waals surface area contributed by atoms with Gasteiger partial charge in [-0.2, -0.15) is 10.5 Å². The largest absolute Gasteiger partial charge is 0.298 e.